The summed E-state index contributed by atoms with van der Waals surface area (Å²) in [6.07, 6.45) is 1.30. The lowest BCUT2D eigenvalue weighted by Gasteiger charge is -2.10. The van der Waals surface area contributed by atoms with Gasteiger partial charge in [0, 0.05) is 0 Å². The van der Waals surface area contributed by atoms with Gasteiger partial charge in [-0.15, -0.1) is 0 Å². The number of hydrogen-bond donors (Lipinski definition) is 0. The molecule has 1 aliphatic heterocycles. The first-order valence-corrected chi connectivity index (χ1v) is 5.74. The van der Waals surface area contributed by atoms with Gasteiger partial charge in [-0.25, -0.2) is 0 Å². The predicted octanol–water partition coefficient (Wildman–Crippen LogP) is 2.83. The lowest BCUT2D eigenvalue weighted by molar-refractivity contribution is 0.0850. The topological polar surface area (TPSA) is 35.5 Å². The summed E-state index contributed by atoms with van der Waals surface area (Å²) in [6.45, 7) is 4.63. The maximum Gasteiger partial charge on any atom is 0.207 e. The van der Waals surface area contributed by atoms with Gasteiger partial charge >= 0.3 is 0 Å². The van der Waals surface area contributed by atoms with Gasteiger partial charge in [0.1, 0.15) is 0 Å². The minimum atomic E-state index is -0.332. The van der Waals surface area contributed by atoms with E-state index in [2.05, 4.69) is 0 Å². The average Bonchev–Trinajstić information content (AvgIpc) is 2.64. The second kappa shape index (κ2) is 4.56. The molecule has 3 heteroatoms. The highest BCUT2D eigenvalue weighted by Gasteiger charge is 2.33. The smallest absolute Gasteiger partial charge is 0.207 e. The van der Waals surface area contributed by atoms with E-state index < -0.39 is 0 Å². The molecule has 0 amide bonds. The third-order valence-corrected chi connectivity index (χ3v) is 2.63. The molecule has 0 saturated carbocycles. The lowest BCUT2D eigenvalue weighted by Crippen LogP contribution is -2.18. The molecule has 1 aromatic carbocycles. The first-order chi connectivity index (χ1) is 7.77. The number of rotatable bonds is 4. The summed E-state index contributed by atoms with van der Waals surface area (Å²) in [4.78, 5) is 11.9. The van der Waals surface area contributed by atoms with Crippen LogP contribution >= 0.6 is 0 Å². The zero-order chi connectivity index (χ0) is 11.5. The normalized spacial score (nSPS) is 18.1. The number of carbonyl (C=O) groups excluding carboxylic acids is 1. The van der Waals surface area contributed by atoms with E-state index >= 15 is 0 Å². The molecule has 86 valence electrons. The van der Waals surface area contributed by atoms with Gasteiger partial charge in [-0.3, -0.25) is 4.79 Å². The van der Waals surface area contributed by atoms with Crippen LogP contribution < -0.4 is 9.47 Å². The van der Waals surface area contributed by atoms with Crippen molar-refractivity contribution in [2.75, 3.05) is 6.61 Å². The minimum Gasteiger partial charge on any atom is -0.490 e. The molecule has 0 aliphatic carbocycles. The molecule has 3 nitrogen and oxygen atoms in total. The molecule has 0 bridgehead atoms. The molecule has 1 aliphatic rings. The van der Waals surface area contributed by atoms with E-state index in [9.17, 15) is 4.79 Å². The van der Waals surface area contributed by atoms with Crippen LogP contribution in [0.3, 0.4) is 0 Å². The van der Waals surface area contributed by atoms with E-state index in [1.54, 1.807) is 6.07 Å². The highest BCUT2D eigenvalue weighted by molar-refractivity contribution is 6.05. The van der Waals surface area contributed by atoms with Crippen LogP contribution in [0.2, 0.25) is 0 Å². The van der Waals surface area contributed by atoms with Crippen LogP contribution in [0.1, 0.15) is 37.0 Å². The Labute approximate surface area is 95.4 Å². The van der Waals surface area contributed by atoms with Crippen molar-refractivity contribution in [2.45, 2.75) is 32.8 Å². The van der Waals surface area contributed by atoms with E-state index in [1.165, 1.54) is 0 Å². The summed E-state index contributed by atoms with van der Waals surface area (Å²) in [5.41, 5.74) is 0.653. The van der Waals surface area contributed by atoms with E-state index in [0.29, 0.717) is 30.1 Å². The number of carbonyl (C=O) groups is 1. The number of ketones is 1. The molecule has 0 N–H and O–H groups in total. The highest BCUT2D eigenvalue weighted by atomic mass is 16.5. The van der Waals surface area contributed by atoms with E-state index in [-0.39, 0.29) is 11.9 Å². The third-order valence-electron chi connectivity index (χ3n) is 2.63. The average molecular weight is 220 g/mol. The van der Waals surface area contributed by atoms with Crippen molar-refractivity contribution >= 4 is 5.78 Å². The molecule has 1 heterocycles. The van der Waals surface area contributed by atoms with E-state index in [4.69, 9.17) is 9.47 Å². The van der Waals surface area contributed by atoms with Crippen molar-refractivity contribution in [3.8, 4) is 11.5 Å². The van der Waals surface area contributed by atoms with Crippen molar-refractivity contribution in [1.82, 2.24) is 0 Å². The largest absolute Gasteiger partial charge is 0.490 e. The molecule has 0 aromatic heterocycles. The first kappa shape index (κ1) is 11.0. The summed E-state index contributed by atoms with van der Waals surface area (Å²) in [6, 6.07) is 5.48. The molecular formula is C13H16O3. The molecule has 0 spiro atoms. The van der Waals surface area contributed by atoms with Crippen molar-refractivity contribution in [3.63, 3.8) is 0 Å². The SMILES string of the molecule is CCCOc1cccc2c1OC(CC)C2=O. The maximum atomic E-state index is 11.9. The van der Waals surface area contributed by atoms with Gasteiger partial charge in [0.15, 0.2) is 17.6 Å². The summed E-state index contributed by atoms with van der Waals surface area (Å²) >= 11 is 0. The Bertz CT molecular complexity index is 398. The zero-order valence-corrected chi connectivity index (χ0v) is 9.66. The Hall–Kier alpha value is -1.51. The maximum absolute atomic E-state index is 11.9. The highest BCUT2D eigenvalue weighted by Crippen LogP contribution is 2.38. The predicted molar refractivity (Wildman–Crippen MR) is 61.3 cm³/mol. The van der Waals surface area contributed by atoms with Gasteiger partial charge in [0.25, 0.3) is 0 Å². The number of ether oxygens (including phenoxy) is 2. The van der Waals surface area contributed by atoms with Crippen LogP contribution in [-0.2, 0) is 0 Å². The molecule has 2 rings (SSSR count). The van der Waals surface area contributed by atoms with E-state index in [0.717, 1.165) is 6.42 Å². The molecule has 1 aromatic rings. The van der Waals surface area contributed by atoms with Crippen molar-refractivity contribution in [2.24, 2.45) is 0 Å². The molecule has 0 fully saturated rings. The van der Waals surface area contributed by atoms with Crippen LogP contribution in [0.25, 0.3) is 0 Å². The Balaban J connectivity index is 2.29. The summed E-state index contributed by atoms with van der Waals surface area (Å²) in [5, 5.41) is 0. The number of Topliss-reactive ketones (excluding diaryl/α,β-unsaturated/α-hetero) is 1. The van der Waals surface area contributed by atoms with Crippen molar-refractivity contribution in [3.05, 3.63) is 23.8 Å². The fourth-order valence-electron chi connectivity index (χ4n) is 1.80. The number of para-hydroxylation sites is 1. The number of hydrogen-bond acceptors (Lipinski definition) is 3. The minimum absolute atomic E-state index is 0.0689. The number of benzene rings is 1. The zero-order valence-electron chi connectivity index (χ0n) is 9.66. The summed E-state index contributed by atoms with van der Waals surface area (Å²) in [5.74, 6) is 1.37. The molecule has 16 heavy (non-hydrogen) atoms. The van der Waals surface area contributed by atoms with Crippen LogP contribution in [0.5, 0.6) is 11.5 Å². The van der Waals surface area contributed by atoms with Gasteiger partial charge < -0.3 is 9.47 Å². The summed E-state index contributed by atoms with van der Waals surface area (Å²) < 4.78 is 11.2. The van der Waals surface area contributed by atoms with E-state index in [1.807, 2.05) is 26.0 Å². The monoisotopic (exact) mass is 220 g/mol. The van der Waals surface area contributed by atoms with Crippen molar-refractivity contribution < 1.29 is 14.3 Å². The van der Waals surface area contributed by atoms with Gasteiger partial charge in [-0.1, -0.05) is 19.9 Å². The van der Waals surface area contributed by atoms with Crippen LogP contribution in [0.15, 0.2) is 18.2 Å². The van der Waals surface area contributed by atoms with Crippen LogP contribution in [-0.4, -0.2) is 18.5 Å². The van der Waals surface area contributed by atoms with Crippen LogP contribution in [0.4, 0.5) is 0 Å². The van der Waals surface area contributed by atoms with Gasteiger partial charge in [-0.05, 0) is 25.0 Å². The fraction of sp³-hybridized carbons (Fsp3) is 0.462. The Morgan fingerprint density at radius 2 is 2.19 bits per heavy atom. The molecule has 0 radical (unpaired) electrons. The standard InChI is InChI=1S/C13H16O3/c1-3-8-15-11-7-5-6-9-12(14)10(4-2)16-13(9)11/h5-7,10H,3-4,8H2,1-2H3. The Kier molecular flexibility index (Phi) is 3.13. The summed E-state index contributed by atoms with van der Waals surface area (Å²) in [7, 11) is 0. The van der Waals surface area contributed by atoms with Gasteiger partial charge in [0.2, 0.25) is 5.78 Å². The lowest BCUT2D eigenvalue weighted by atomic mass is 10.1. The second-order valence-corrected chi connectivity index (χ2v) is 3.86. The van der Waals surface area contributed by atoms with Gasteiger partial charge in [0.05, 0.1) is 12.2 Å². The Morgan fingerprint density at radius 3 is 2.88 bits per heavy atom. The molecule has 1 atom stereocenters. The molecular weight excluding hydrogens is 204 g/mol. The fourth-order valence-corrected chi connectivity index (χ4v) is 1.80. The quantitative estimate of drug-likeness (QED) is 0.782. The van der Waals surface area contributed by atoms with Crippen molar-refractivity contribution in [1.29, 1.82) is 0 Å². The van der Waals surface area contributed by atoms with Crippen LogP contribution in [0, 0.1) is 0 Å². The molecule has 1 unspecified atom stereocenters. The van der Waals surface area contributed by atoms with Gasteiger partial charge in [-0.2, -0.15) is 0 Å². The third kappa shape index (κ3) is 1.77. The second-order valence-electron chi connectivity index (χ2n) is 3.86. The first-order valence-electron chi connectivity index (χ1n) is 5.74. The molecule has 0 saturated heterocycles. The number of fused-ring (bicyclic) bond motifs is 1. The Morgan fingerprint density at radius 1 is 1.38 bits per heavy atom.